The summed E-state index contributed by atoms with van der Waals surface area (Å²) >= 11 is 0. The van der Waals surface area contributed by atoms with Crippen molar-refractivity contribution in [2.45, 2.75) is 0 Å². The Labute approximate surface area is 84.5 Å². The van der Waals surface area contributed by atoms with E-state index < -0.39 is 18.3 Å². The number of halogens is 3. The Hall–Kier alpha value is -1.66. The number of anilines is 1. The molecule has 3 N–H and O–H groups in total. The van der Waals surface area contributed by atoms with Crippen molar-refractivity contribution in [3.63, 3.8) is 0 Å². The van der Waals surface area contributed by atoms with Crippen LogP contribution in [0.5, 0.6) is 0 Å². The third kappa shape index (κ3) is 2.42. The fourth-order valence-electron chi connectivity index (χ4n) is 1.19. The van der Waals surface area contributed by atoms with Crippen LogP contribution in [0.25, 0.3) is 0 Å². The number of amides is 1. The summed E-state index contributed by atoms with van der Waals surface area (Å²) in [7, 11) is 1.43. The van der Waals surface area contributed by atoms with E-state index in [1.807, 2.05) is 0 Å². The lowest BCUT2D eigenvalue weighted by Gasteiger charge is -2.17. The molecule has 0 heterocycles. The standard InChI is InChI=1S/C8H9BF3N2O/c1-14-7-4-5(9(10,11)12)2-3-6(7)8(13)15/h2-4,14H,1H3,(H2,13,15)/q-1. The predicted molar refractivity (Wildman–Crippen MR) is 53.2 cm³/mol. The predicted octanol–water partition coefficient (Wildman–Crippen LogP) is 0.882. The summed E-state index contributed by atoms with van der Waals surface area (Å²) in [4.78, 5) is 10.8. The third-order valence-corrected chi connectivity index (χ3v) is 1.96. The zero-order chi connectivity index (χ0) is 11.6. The summed E-state index contributed by atoms with van der Waals surface area (Å²) in [5.74, 6) is -0.763. The number of rotatable bonds is 3. The molecular weight excluding hydrogens is 208 g/mol. The molecule has 7 heteroatoms. The van der Waals surface area contributed by atoms with Crippen LogP contribution < -0.4 is 16.5 Å². The average Bonchev–Trinajstić information content (AvgIpc) is 2.15. The Morgan fingerprint density at radius 3 is 2.40 bits per heavy atom. The molecule has 0 saturated heterocycles. The minimum absolute atomic E-state index is 0.0429. The molecule has 1 aromatic rings. The van der Waals surface area contributed by atoms with Gasteiger partial charge in [0.1, 0.15) is 0 Å². The monoisotopic (exact) mass is 217 g/mol. The second kappa shape index (κ2) is 3.84. The van der Waals surface area contributed by atoms with Crippen molar-refractivity contribution in [3.05, 3.63) is 23.8 Å². The van der Waals surface area contributed by atoms with E-state index in [0.29, 0.717) is 0 Å². The molecule has 0 atom stereocenters. The first-order valence-electron chi connectivity index (χ1n) is 4.17. The van der Waals surface area contributed by atoms with Crippen LogP contribution in [-0.4, -0.2) is 19.9 Å². The Bertz CT molecular complexity index is 392. The smallest absolute Gasteiger partial charge is 0.445 e. The summed E-state index contributed by atoms with van der Waals surface area (Å²) in [5, 5.41) is 2.50. The Kier molecular flexibility index (Phi) is 2.92. The van der Waals surface area contributed by atoms with Gasteiger partial charge in [-0.25, -0.2) is 0 Å². The molecule has 0 fully saturated rings. The van der Waals surface area contributed by atoms with Crippen molar-refractivity contribution in [2.75, 3.05) is 12.4 Å². The highest BCUT2D eigenvalue weighted by Crippen LogP contribution is 2.16. The molecule has 1 rings (SSSR count). The van der Waals surface area contributed by atoms with E-state index in [-0.39, 0.29) is 11.3 Å². The number of hydrogen-bond acceptors (Lipinski definition) is 2. The molecule has 0 aliphatic carbocycles. The Morgan fingerprint density at radius 1 is 1.40 bits per heavy atom. The van der Waals surface area contributed by atoms with E-state index in [4.69, 9.17) is 5.73 Å². The quantitative estimate of drug-likeness (QED) is 0.738. The molecule has 0 aliphatic heterocycles. The van der Waals surface area contributed by atoms with Crippen molar-refractivity contribution in [1.82, 2.24) is 0 Å². The Balaban J connectivity index is 3.25. The van der Waals surface area contributed by atoms with Crippen LogP contribution in [0, 0.1) is 0 Å². The van der Waals surface area contributed by atoms with Crippen molar-refractivity contribution in [1.29, 1.82) is 0 Å². The van der Waals surface area contributed by atoms with Gasteiger partial charge in [-0.1, -0.05) is 18.2 Å². The first-order valence-corrected chi connectivity index (χ1v) is 4.17. The number of carbonyl (C=O) groups is 1. The molecule has 0 bridgehead atoms. The fourth-order valence-corrected chi connectivity index (χ4v) is 1.19. The average molecular weight is 217 g/mol. The van der Waals surface area contributed by atoms with Crippen molar-refractivity contribution < 1.29 is 17.7 Å². The first-order chi connectivity index (χ1) is 6.86. The molecule has 0 unspecified atom stereocenters. The van der Waals surface area contributed by atoms with Crippen LogP contribution >= 0.6 is 0 Å². The van der Waals surface area contributed by atoms with Gasteiger partial charge in [0.2, 0.25) is 0 Å². The molecule has 0 saturated carbocycles. The van der Waals surface area contributed by atoms with Gasteiger partial charge in [0.15, 0.2) is 0 Å². The summed E-state index contributed by atoms with van der Waals surface area (Å²) in [6, 6.07) is 2.79. The number of nitrogens with two attached hydrogens (primary N) is 1. The van der Waals surface area contributed by atoms with Crippen LogP contribution in [0.1, 0.15) is 10.4 Å². The molecule has 3 nitrogen and oxygen atoms in total. The molecule has 0 aromatic heterocycles. The largest absolute Gasteiger partial charge is 0.509 e. The maximum absolute atomic E-state index is 12.4. The van der Waals surface area contributed by atoms with Crippen LogP contribution in [0.3, 0.4) is 0 Å². The maximum atomic E-state index is 12.4. The number of carbonyl (C=O) groups excluding carboxylic acids is 1. The number of hydrogen-bond donors (Lipinski definition) is 2. The normalized spacial score (nSPS) is 11.2. The van der Waals surface area contributed by atoms with Gasteiger partial charge in [0.05, 0.1) is 5.56 Å². The van der Waals surface area contributed by atoms with Gasteiger partial charge in [0, 0.05) is 12.7 Å². The fraction of sp³-hybridized carbons (Fsp3) is 0.125. The van der Waals surface area contributed by atoms with Crippen molar-refractivity contribution >= 4 is 24.0 Å². The van der Waals surface area contributed by atoms with E-state index in [1.165, 1.54) is 7.05 Å². The molecular formula is C8H9BF3N2O-. The second-order valence-electron chi connectivity index (χ2n) is 2.99. The third-order valence-electron chi connectivity index (χ3n) is 1.96. The van der Waals surface area contributed by atoms with Gasteiger partial charge in [-0.05, 0) is 0 Å². The van der Waals surface area contributed by atoms with E-state index in [1.54, 1.807) is 0 Å². The summed E-state index contributed by atoms with van der Waals surface area (Å²) in [6.45, 7) is -5.06. The highest BCUT2D eigenvalue weighted by atomic mass is 19.4. The molecule has 0 aliphatic rings. The van der Waals surface area contributed by atoms with Gasteiger partial charge in [-0.2, -0.15) is 0 Å². The van der Waals surface area contributed by atoms with Gasteiger partial charge < -0.3 is 24.0 Å². The minimum Gasteiger partial charge on any atom is -0.445 e. The minimum atomic E-state index is -5.06. The lowest BCUT2D eigenvalue weighted by Crippen LogP contribution is -2.34. The molecule has 0 spiro atoms. The molecule has 82 valence electrons. The molecule has 15 heavy (non-hydrogen) atoms. The van der Waals surface area contributed by atoms with Gasteiger partial charge in [-0.15, -0.1) is 5.46 Å². The molecule has 1 aromatic carbocycles. The van der Waals surface area contributed by atoms with Crippen LogP contribution in [-0.2, 0) is 0 Å². The van der Waals surface area contributed by atoms with E-state index in [2.05, 4.69) is 5.32 Å². The highest BCUT2D eigenvalue weighted by Gasteiger charge is 2.26. The summed E-state index contributed by atoms with van der Waals surface area (Å²) in [6.07, 6.45) is 0. The Morgan fingerprint density at radius 2 is 2.00 bits per heavy atom. The van der Waals surface area contributed by atoms with E-state index in [0.717, 1.165) is 18.2 Å². The number of primary amides is 1. The lowest BCUT2D eigenvalue weighted by atomic mass is 9.79. The van der Waals surface area contributed by atoms with Crippen LogP contribution in [0.15, 0.2) is 18.2 Å². The van der Waals surface area contributed by atoms with Crippen LogP contribution in [0.4, 0.5) is 18.6 Å². The zero-order valence-electron chi connectivity index (χ0n) is 7.93. The molecule has 1 amide bonds. The number of benzene rings is 1. The van der Waals surface area contributed by atoms with Gasteiger partial charge in [0.25, 0.3) is 5.91 Å². The molecule has 0 radical (unpaired) electrons. The number of nitrogens with one attached hydrogen (secondary N) is 1. The van der Waals surface area contributed by atoms with Crippen LogP contribution in [0.2, 0.25) is 0 Å². The van der Waals surface area contributed by atoms with E-state index >= 15 is 0 Å². The van der Waals surface area contributed by atoms with Gasteiger partial charge >= 0.3 is 6.98 Å². The first kappa shape index (κ1) is 11.4. The SMILES string of the molecule is CNc1cc([B-](F)(F)F)ccc1C(N)=O. The summed E-state index contributed by atoms with van der Waals surface area (Å²) in [5.41, 5.74) is 4.36. The topological polar surface area (TPSA) is 55.1 Å². The lowest BCUT2D eigenvalue weighted by molar-refractivity contribution is 0.100. The second-order valence-corrected chi connectivity index (χ2v) is 2.99. The van der Waals surface area contributed by atoms with Crippen molar-refractivity contribution in [2.24, 2.45) is 5.73 Å². The highest BCUT2D eigenvalue weighted by molar-refractivity contribution is 6.73. The summed E-state index contributed by atoms with van der Waals surface area (Å²) < 4.78 is 37.1. The maximum Gasteiger partial charge on any atom is 0.509 e. The zero-order valence-corrected chi connectivity index (χ0v) is 7.93. The van der Waals surface area contributed by atoms with Gasteiger partial charge in [-0.3, -0.25) is 4.79 Å². The van der Waals surface area contributed by atoms with Crippen molar-refractivity contribution in [3.8, 4) is 0 Å². The van der Waals surface area contributed by atoms with E-state index in [9.17, 15) is 17.7 Å².